The van der Waals surface area contributed by atoms with E-state index in [2.05, 4.69) is 13.2 Å². The molecular formula is C20H18O6. The number of hydrogen-bond donors (Lipinski definition) is 1. The van der Waals surface area contributed by atoms with E-state index in [1.54, 1.807) is 24.3 Å². The predicted molar refractivity (Wildman–Crippen MR) is 96.2 cm³/mol. The van der Waals surface area contributed by atoms with Crippen LogP contribution in [0, 0.1) is 0 Å². The molecule has 2 aromatic rings. The molecule has 2 aromatic carbocycles. The van der Waals surface area contributed by atoms with Crippen molar-refractivity contribution in [2.24, 2.45) is 0 Å². The summed E-state index contributed by atoms with van der Waals surface area (Å²) in [4.78, 5) is 23.2. The van der Waals surface area contributed by atoms with Gasteiger partial charge in [-0.2, -0.15) is 0 Å². The summed E-state index contributed by atoms with van der Waals surface area (Å²) in [6.07, 6.45) is 3.17. The van der Waals surface area contributed by atoms with E-state index in [0.717, 1.165) is 0 Å². The van der Waals surface area contributed by atoms with Crippen LogP contribution in [0.15, 0.2) is 67.8 Å². The summed E-state index contributed by atoms with van der Waals surface area (Å²) < 4.78 is 16.3. The van der Waals surface area contributed by atoms with Crippen LogP contribution in [0.25, 0.3) is 0 Å². The number of carboxylic acids is 1. The summed E-state index contributed by atoms with van der Waals surface area (Å²) >= 11 is 0. The Morgan fingerprint density at radius 1 is 0.885 bits per heavy atom. The largest absolute Gasteiger partial charge is 0.486 e. The van der Waals surface area contributed by atoms with Gasteiger partial charge in [0.25, 0.3) is 0 Å². The lowest BCUT2D eigenvalue weighted by Crippen LogP contribution is -2.10. The number of carbonyl (C=O) groups is 2. The Kier molecular flexibility index (Phi) is 6.56. The monoisotopic (exact) mass is 354 g/mol. The normalized spacial score (nSPS) is 9.85. The number of benzene rings is 2. The molecular weight excluding hydrogens is 336 g/mol. The Balaban J connectivity index is 2.17. The first-order valence-electron chi connectivity index (χ1n) is 7.72. The predicted octanol–water partition coefficient (Wildman–Crippen LogP) is 3.73. The summed E-state index contributed by atoms with van der Waals surface area (Å²) in [6, 6.07) is 10.2. The van der Waals surface area contributed by atoms with Gasteiger partial charge in [0.05, 0.1) is 11.1 Å². The van der Waals surface area contributed by atoms with Crippen molar-refractivity contribution in [3.05, 3.63) is 78.9 Å². The molecule has 0 saturated heterocycles. The highest BCUT2D eigenvalue weighted by Gasteiger charge is 2.14. The smallest absolute Gasteiger partial charge is 0.343 e. The van der Waals surface area contributed by atoms with Crippen LogP contribution < -0.4 is 14.2 Å². The molecule has 1 N–H and O–H groups in total. The second kappa shape index (κ2) is 9.08. The molecule has 26 heavy (non-hydrogen) atoms. The molecule has 0 heterocycles. The summed E-state index contributed by atoms with van der Waals surface area (Å²) in [7, 11) is 0. The minimum Gasteiger partial charge on any atom is -0.486 e. The fourth-order valence-electron chi connectivity index (χ4n) is 2.00. The van der Waals surface area contributed by atoms with Crippen LogP contribution >= 0.6 is 0 Å². The molecule has 0 fully saturated rings. The van der Waals surface area contributed by atoms with E-state index in [9.17, 15) is 9.59 Å². The van der Waals surface area contributed by atoms with Gasteiger partial charge in [0.15, 0.2) is 11.5 Å². The second-order valence-electron chi connectivity index (χ2n) is 5.08. The van der Waals surface area contributed by atoms with Crippen LogP contribution in [0.2, 0.25) is 0 Å². The summed E-state index contributed by atoms with van der Waals surface area (Å²) in [6.45, 7) is 7.71. The van der Waals surface area contributed by atoms with Crippen molar-refractivity contribution in [3.8, 4) is 17.2 Å². The third-order valence-corrected chi connectivity index (χ3v) is 3.20. The zero-order valence-electron chi connectivity index (χ0n) is 14.0. The van der Waals surface area contributed by atoms with Crippen molar-refractivity contribution in [2.45, 2.75) is 0 Å². The van der Waals surface area contributed by atoms with Gasteiger partial charge in [0.2, 0.25) is 0 Å². The average Bonchev–Trinajstić information content (AvgIpc) is 2.65. The van der Waals surface area contributed by atoms with Gasteiger partial charge < -0.3 is 19.3 Å². The number of hydrogen-bond acceptors (Lipinski definition) is 5. The Morgan fingerprint density at radius 2 is 1.46 bits per heavy atom. The van der Waals surface area contributed by atoms with E-state index in [4.69, 9.17) is 19.3 Å². The van der Waals surface area contributed by atoms with Crippen LogP contribution in [0.5, 0.6) is 17.2 Å². The third-order valence-electron chi connectivity index (χ3n) is 3.20. The number of ether oxygens (including phenoxy) is 3. The molecule has 0 spiro atoms. The fraction of sp³-hybridized carbons (Fsp3) is 0.100. The van der Waals surface area contributed by atoms with Crippen molar-refractivity contribution in [1.29, 1.82) is 0 Å². The first kappa shape index (κ1) is 18.8. The van der Waals surface area contributed by atoms with Gasteiger partial charge in [-0.3, -0.25) is 0 Å². The molecule has 0 amide bonds. The minimum absolute atomic E-state index is 0.105. The Bertz CT molecular complexity index is 808. The van der Waals surface area contributed by atoms with E-state index in [1.165, 1.54) is 30.3 Å². The van der Waals surface area contributed by atoms with E-state index >= 15 is 0 Å². The van der Waals surface area contributed by atoms with Crippen LogP contribution in [-0.4, -0.2) is 30.3 Å². The Labute approximate surface area is 150 Å². The lowest BCUT2D eigenvalue weighted by molar-refractivity contribution is 0.0696. The van der Waals surface area contributed by atoms with Crippen LogP contribution in [-0.2, 0) is 0 Å². The van der Waals surface area contributed by atoms with Crippen molar-refractivity contribution in [2.75, 3.05) is 13.2 Å². The van der Waals surface area contributed by atoms with Crippen molar-refractivity contribution in [3.63, 3.8) is 0 Å². The van der Waals surface area contributed by atoms with Crippen molar-refractivity contribution < 1.29 is 28.9 Å². The van der Waals surface area contributed by atoms with Crippen LogP contribution in [0.4, 0.5) is 0 Å². The standard InChI is InChI=1S/C20H18O6/c1-3-11-24-17-10-7-15(13-18(17)25-12-4-2)20(23)26-16-8-5-14(6-9-16)19(21)22/h3-10,13H,1-2,11-12H2,(H,21,22). The van der Waals surface area contributed by atoms with Gasteiger partial charge in [-0.25, -0.2) is 9.59 Å². The Morgan fingerprint density at radius 3 is 2.04 bits per heavy atom. The maximum Gasteiger partial charge on any atom is 0.343 e. The van der Waals surface area contributed by atoms with Crippen molar-refractivity contribution in [1.82, 2.24) is 0 Å². The van der Waals surface area contributed by atoms with Crippen LogP contribution in [0.1, 0.15) is 20.7 Å². The first-order valence-corrected chi connectivity index (χ1v) is 7.72. The van der Waals surface area contributed by atoms with Gasteiger partial charge in [-0.05, 0) is 42.5 Å². The molecule has 6 nitrogen and oxygen atoms in total. The molecule has 0 atom stereocenters. The SMILES string of the molecule is C=CCOc1ccc(C(=O)Oc2ccc(C(=O)O)cc2)cc1OCC=C. The maximum absolute atomic E-state index is 12.3. The summed E-state index contributed by atoms with van der Waals surface area (Å²) in [5, 5.41) is 8.88. The van der Waals surface area contributed by atoms with Crippen LogP contribution in [0.3, 0.4) is 0 Å². The van der Waals surface area contributed by atoms with E-state index in [1.807, 2.05) is 0 Å². The average molecular weight is 354 g/mol. The first-order chi connectivity index (χ1) is 12.5. The highest BCUT2D eigenvalue weighted by molar-refractivity contribution is 5.92. The highest BCUT2D eigenvalue weighted by atomic mass is 16.5. The molecule has 0 saturated carbocycles. The van der Waals surface area contributed by atoms with E-state index in [0.29, 0.717) is 18.1 Å². The third kappa shape index (κ3) is 4.98. The maximum atomic E-state index is 12.3. The zero-order chi connectivity index (χ0) is 18.9. The lowest BCUT2D eigenvalue weighted by Gasteiger charge is -2.12. The molecule has 134 valence electrons. The van der Waals surface area contributed by atoms with Gasteiger partial charge in [0, 0.05) is 0 Å². The van der Waals surface area contributed by atoms with Gasteiger partial charge in [0.1, 0.15) is 19.0 Å². The van der Waals surface area contributed by atoms with Gasteiger partial charge >= 0.3 is 11.9 Å². The fourth-order valence-corrected chi connectivity index (χ4v) is 2.00. The van der Waals surface area contributed by atoms with Gasteiger partial charge in [-0.1, -0.05) is 25.3 Å². The molecule has 0 aliphatic rings. The minimum atomic E-state index is -1.05. The second-order valence-corrected chi connectivity index (χ2v) is 5.08. The lowest BCUT2D eigenvalue weighted by atomic mass is 10.2. The molecule has 0 aromatic heterocycles. The number of carbonyl (C=O) groups excluding carboxylic acids is 1. The molecule has 0 radical (unpaired) electrons. The van der Waals surface area contributed by atoms with E-state index < -0.39 is 11.9 Å². The summed E-state index contributed by atoms with van der Waals surface area (Å²) in [5.41, 5.74) is 0.367. The zero-order valence-corrected chi connectivity index (χ0v) is 14.0. The molecule has 0 aliphatic carbocycles. The number of aromatic carboxylic acids is 1. The van der Waals surface area contributed by atoms with E-state index in [-0.39, 0.29) is 23.5 Å². The quantitative estimate of drug-likeness (QED) is 0.420. The number of rotatable bonds is 9. The molecule has 0 aliphatic heterocycles. The number of esters is 1. The molecule has 0 unspecified atom stereocenters. The molecule has 6 heteroatoms. The van der Waals surface area contributed by atoms with Crippen molar-refractivity contribution >= 4 is 11.9 Å². The number of carboxylic acid groups (broad SMARTS) is 1. The highest BCUT2D eigenvalue weighted by Crippen LogP contribution is 2.29. The molecule has 0 bridgehead atoms. The summed E-state index contributed by atoms with van der Waals surface area (Å²) in [5.74, 6) is -0.578. The van der Waals surface area contributed by atoms with Gasteiger partial charge in [-0.15, -0.1) is 0 Å². The Hall–Kier alpha value is -3.54. The topological polar surface area (TPSA) is 82.1 Å². The molecule has 2 rings (SSSR count).